The SMILES string of the molecule is CNCCCC(NC(=O)C(NCc1ccccc1)C(C)C)C(=O)Nc1ccc(CBr)cc1. The fourth-order valence-electron chi connectivity index (χ4n) is 3.37. The molecule has 0 spiro atoms. The van der Waals surface area contributed by atoms with Gasteiger partial charge >= 0.3 is 0 Å². The minimum Gasteiger partial charge on any atom is -0.343 e. The zero-order valence-electron chi connectivity index (χ0n) is 19.2. The minimum absolute atomic E-state index is 0.0801. The van der Waals surface area contributed by atoms with Crippen molar-refractivity contribution in [3.63, 3.8) is 0 Å². The second-order valence-corrected chi connectivity index (χ2v) is 8.78. The lowest BCUT2D eigenvalue weighted by atomic mass is 10.0. The number of carbonyl (C=O) groups is 2. The van der Waals surface area contributed by atoms with Crippen molar-refractivity contribution in [2.75, 3.05) is 18.9 Å². The summed E-state index contributed by atoms with van der Waals surface area (Å²) in [5.41, 5.74) is 2.96. The van der Waals surface area contributed by atoms with E-state index in [1.807, 2.05) is 75.5 Å². The molecule has 2 rings (SSSR count). The molecule has 32 heavy (non-hydrogen) atoms. The minimum atomic E-state index is -0.605. The van der Waals surface area contributed by atoms with Gasteiger partial charge in [-0.05, 0) is 55.6 Å². The van der Waals surface area contributed by atoms with Crippen LogP contribution in [0.2, 0.25) is 0 Å². The van der Waals surface area contributed by atoms with Crippen LogP contribution in [0.5, 0.6) is 0 Å². The van der Waals surface area contributed by atoms with E-state index < -0.39 is 12.1 Å². The summed E-state index contributed by atoms with van der Waals surface area (Å²) in [4.78, 5) is 26.1. The van der Waals surface area contributed by atoms with E-state index in [1.54, 1.807) is 0 Å². The normalized spacial score (nSPS) is 12.9. The first-order chi connectivity index (χ1) is 15.4. The van der Waals surface area contributed by atoms with Gasteiger partial charge in [-0.2, -0.15) is 0 Å². The highest BCUT2D eigenvalue weighted by Crippen LogP contribution is 2.13. The Morgan fingerprint density at radius 3 is 2.22 bits per heavy atom. The third-order valence-corrected chi connectivity index (χ3v) is 5.89. The first-order valence-corrected chi connectivity index (χ1v) is 12.2. The Bertz CT molecular complexity index is 828. The largest absolute Gasteiger partial charge is 0.343 e. The summed E-state index contributed by atoms with van der Waals surface area (Å²) in [7, 11) is 1.88. The lowest BCUT2D eigenvalue weighted by molar-refractivity contribution is -0.128. The quantitative estimate of drug-likeness (QED) is 0.248. The van der Waals surface area contributed by atoms with E-state index in [2.05, 4.69) is 37.2 Å². The number of rotatable bonds is 13. The van der Waals surface area contributed by atoms with Gasteiger partial charge in [-0.25, -0.2) is 0 Å². The van der Waals surface area contributed by atoms with E-state index in [0.717, 1.165) is 35.1 Å². The third kappa shape index (κ3) is 8.73. The van der Waals surface area contributed by atoms with Gasteiger partial charge in [0.05, 0.1) is 6.04 Å². The van der Waals surface area contributed by atoms with Crippen molar-refractivity contribution in [1.29, 1.82) is 0 Å². The Labute approximate surface area is 200 Å². The number of halogens is 1. The number of nitrogens with one attached hydrogen (secondary N) is 4. The van der Waals surface area contributed by atoms with Gasteiger partial charge in [-0.3, -0.25) is 9.59 Å². The number of carbonyl (C=O) groups excluding carboxylic acids is 2. The molecule has 0 radical (unpaired) electrons. The molecule has 0 aliphatic rings. The molecule has 0 aliphatic carbocycles. The van der Waals surface area contributed by atoms with Crippen LogP contribution in [-0.2, 0) is 21.5 Å². The summed E-state index contributed by atoms with van der Waals surface area (Å²) in [5.74, 6) is -0.279. The van der Waals surface area contributed by atoms with Crippen LogP contribution in [-0.4, -0.2) is 37.5 Å². The van der Waals surface area contributed by atoms with Gasteiger partial charge in [0.15, 0.2) is 0 Å². The molecule has 4 N–H and O–H groups in total. The monoisotopic (exact) mass is 502 g/mol. The van der Waals surface area contributed by atoms with Crippen molar-refractivity contribution in [2.24, 2.45) is 5.92 Å². The van der Waals surface area contributed by atoms with Crippen molar-refractivity contribution in [2.45, 2.75) is 50.6 Å². The average Bonchev–Trinajstić information content (AvgIpc) is 2.79. The zero-order chi connectivity index (χ0) is 23.3. The lowest BCUT2D eigenvalue weighted by Gasteiger charge is -2.25. The van der Waals surface area contributed by atoms with Gasteiger partial charge in [-0.15, -0.1) is 0 Å². The molecule has 0 aromatic heterocycles. The van der Waals surface area contributed by atoms with Gasteiger partial charge in [0.25, 0.3) is 0 Å². The molecular weight excluding hydrogens is 468 g/mol. The first kappa shape index (κ1) is 26.0. The van der Waals surface area contributed by atoms with Crippen LogP contribution in [0.15, 0.2) is 54.6 Å². The number of benzene rings is 2. The van der Waals surface area contributed by atoms with Gasteiger partial charge in [0.2, 0.25) is 11.8 Å². The van der Waals surface area contributed by atoms with Crippen molar-refractivity contribution < 1.29 is 9.59 Å². The number of anilines is 1. The molecular formula is C25H35BrN4O2. The molecule has 7 heteroatoms. The molecule has 0 heterocycles. The maximum Gasteiger partial charge on any atom is 0.246 e. The van der Waals surface area contributed by atoms with Crippen LogP contribution in [0, 0.1) is 5.92 Å². The van der Waals surface area contributed by atoms with Crippen molar-refractivity contribution in [1.82, 2.24) is 16.0 Å². The Morgan fingerprint density at radius 1 is 0.938 bits per heavy atom. The highest BCUT2D eigenvalue weighted by Gasteiger charge is 2.27. The number of alkyl halides is 1. The summed E-state index contributed by atoms with van der Waals surface area (Å²) >= 11 is 3.42. The lowest BCUT2D eigenvalue weighted by Crippen LogP contribution is -2.53. The molecule has 2 atom stereocenters. The topological polar surface area (TPSA) is 82.3 Å². The van der Waals surface area contributed by atoms with E-state index in [-0.39, 0.29) is 17.7 Å². The van der Waals surface area contributed by atoms with Crippen LogP contribution in [0.25, 0.3) is 0 Å². The van der Waals surface area contributed by atoms with Gasteiger partial charge in [0.1, 0.15) is 6.04 Å². The highest BCUT2D eigenvalue weighted by molar-refractivity contribution is 9.08. The Balaban J connectivity index is 2.04. The third-order valence-electron chi connectivity index (χ3n) is 5.25. The molecule has 2 aromatic rings. The van der Waals surface area contributed by atoms with E-state index in [0.29, 0.717) is 13.0 Å². The molecule has 2 aromatic carbocycles. The highest BCUT2D eigenvalue weighted by atomic mass is 79.9. The summed E-state index contributed by atoms with van der Waals surface area (Å²) in [6.45, 7) is 5.38. The average molecular weight is 503 g/mol. The Hall–Kier alpha value is -2.22. The maximum atomic E-state index is 13.1. The van der Waals surface area contributed by atoms with Crippen molar-refractivity contribution in [3.8, 4) is 0 Å². The van der Waals surface area contributed by atoms with E-state index in [1.165, 1.54) is 0 Å². The standard InChI is InChI=1S/C25H35BrN4O2/c1-18(2)23(28-17-20-8-5-4-6-9-20)25(32)30-22(10-7-15-27-3)24(31)29-21-13-11-19(16-26)12-14-21/h4-6,8-9,11-14,18,22-23,27-28H,7,10,15-17H2,1-3H3,(H,29,31)(H,30,32). The van der Waals surface area contributed by atoms with E-state index in [9.17, 15) is 9.59 Å². The first-order valence-electron chi connectivity index (χ1n) is 11.1. The van der Waals surface area contributed by atoms with Crippen LogP contribution in [0.1, 0.15) is 37.8 Å². The zero-order valence-corrected chi connectivity index (χ0v) is 20.7. The van der Waals surface area contributed by atoms with Gasteiger partial charge in [0, 0.05) is 17.6 Å². The second kappa shape index (κ2) is 14.0. The molecule has 6 nitrogen and oxygen atoms in total. The Kier molecular flexibility index (Phi) is 11.4. The molecule has 0 saturated carbocycles. The summed E-state index contributed by atoms with van der Waals surface area (Å²) < 4.78 is 0. The maximum absolute atomic E-state index is 13.1. The van der Waals surface area contributed by atoms with E-state index in [4.69, 9.17) is 0 Å². The second-order valence-electron chi connectivity index (χ2n) is 8.21. The number of hydrogen-bond acceptors (Lipinski definition) is 4. The van der Waals surface area contributed by atoms with Crippen LogP contribution in [0.3, 0.4) is 0 Å². The van der Waals surface area contributed by atoms with E-state index >= 15 is 0 Å². The molecule has 0 bridgehead atoms. The van der Waals surface area contributed by atoms with Gasteiger partial charge in [-0.1, -0.05) is 72.2 Å². The predicted molar refractivity (Wildman–Crippen MR) is 135 cm³/mol. The molecule has 2 amide bonds. The number of hydrogen-bond donors (Lipinski definition) is 4. The smallest absolute Gasteiger partial charge is 0.246 e. The fourth-order valence-corrected chi connectivity index (χ4v) is 3.75. The molecule has 174 valence electrons. The summed E-state index contributed by atoms with van der Waals surface area (Å²) in [6, 6.07) is 16.6. The molecule has 0 aliphatic heterocycles. The summed E-state index contributed by atoms with van der Waals surface area (Å²) in [6.07, 6.45) is 1.34. The van der Waals surface area contributed by atoms with Crippen molar-refractivity contribution in [3.05, 3.63) is 65.7 Å². The summed E-state index contributed by atoms with van der Waals surface area (Å²) in [5, 5.41) is 13.1. The fraction of sp³-hybridized carbons (Fsp3) is 0.440. The molecule has 0 saturated heterocycles. The molecule has 2 unspecified atom stereocenters. The predicted octanol–water partition coefficient (Wildman–Crippen LogP) is 3.82. The van der Waals surface area contributed by atoms with Crippen molar-refractivity contribution >= 4 is 33.4 Å². The number of amides is 2. The Morgan fingerprint density at radius 2 is 1.62 bits per heavy atom. The van der Waals surface area contributed by atoms with Crippen LogP contribution in [0.4, 0.5) is 5.69 Å². The van der Waals surface area contributed by atoms with Crippen LogP contribution < -0.4 is 21.3 Å². The van der Waals surface area contributed by atoms with Crippen LogP contribution >= 0.6 is 15.9 Å². The van der Waals surface area contributed by atoms with Gasteiger partial charge < -0.3 is 21.3 Å². The molecule has 0 fully saturated rings.